The highest BCUT2D eigenvalue weighted by Crippen LogP contribution is 2.26. The van der Waals surface area contributed by atoms with E-state index in [-0.39, 0.29) is 11.1 Å². The zero-order chi connectivity index (χ0) is 13.9. The fourth-order valence-corrected chi connectivity index (χ4v) is 2.49. The molecule has 6 heteroatoms. The number of hydrogen-bond acceptors (Lipinski definition) is 4. The average Bonchev–Trinajstić information content (AvgIpc) is 2.78. The molecular weight excluding hydrogens is 281 g/mol. The lowest BCUT2D eigenvalue weighted by atomic mass is 10.1. The molecule has 106 valence electrons. The van der Waals surface area contributed by atoms with Crippen LogP contribution in [-0.4, -0.2) is 16.7 Å². The first-order valence-electron chi connectivity index (χ1n) is 6.76. The van der Waals surface area contributed by atoms with Gasteiger partial charge < -0.3 is 9.84 Å². The molecule has 1 atom stereocenters. The highest BCUT2D eigenvalue weighted by molar-refractivity contribution is 6.30. The van der Waals surface area contributed by atoms with Gasteiger partial charge in [-0.2, -0.15) is 4.98 Å². The van der Waals surface area contributed by atoms with Crippen molar-refractivity contribution in [3.8, 4) is 11.5 Å². The Morgan fingerprint density at radius 2 is 2.20 bits per heavy atom. The molecule has 4 nitrogen and oxygen atoms in total. The molecule has 1 aromatic carbocycles. The third kappa shape index (κ3) is 2.83. The van der Waals surface area contributed by atoms with Crippen molar-refractivity contribution < 1.29 is 8.91 Å². The number of benzene rings is 1. The summed E-state index contributed by atoms with van der Waals surface area (Å²) in [5.74, 6) is 0.468. The van der Waals surface area contributed by atoms with Gasteiger partial charge in [-0.1, -0.05) is 29.6 Å². The van der Waals surface area contributed by atoms with Gasteiger partial charge >= 0.3 is 0 Å². The fourth-order valence-electron chi connectivity index (χ4n) is 2.37. The van der Waals surface area contributed by atoms with Gasteiger partial charge in [0.05, 0.1) is 11.1 Å². The molecular formula is C14H15ClFN3O. The first-order valence-corrected chi connectivity index (χ1v) is 7.14. The number of hydrogen-bond donors (Lipinski definition) is 1. The zero-order valence-electron chi connectivity index (χ0n) is 10.9. The summed E-state index contributed by atoms with van der Waals surface area (Å²) in [6.07, 6.45) is 4.53. The van der Waals surface area contributed by atoms with E-state index in [2.05, 4.69) is 15.5 Å². The number of nitrogens with zero attached hydrogens (tertiary/aromatic N) is 2. The van der Waals surface area contributed by atoms with Gasteiger partial charge in [-0.15, -0.1) is 0 Å². The van der Waals surface area contributed by atoms with E-state index < -0.39 is 5.82 Å². The van der Waals surface area contributed by atoms with E-state index in [1.165, 1.54) is 25.0 Å². The van der Waals surface area contributed by atoms with E-state index in [9.17, 15) is 4.39 Å². The molecule has 1 aliphatic rings. The molecule has 1 fully saturated rings. The molecule has 2 aromatic rings. The van der Waals surface area contributed by atoms with Gasteiger partial charge in [0.15, 0.2) is 5.82 Å². The van der Waals surface area contributed by atoms with E-state index >= 15 is 0 Å². The first kappa shape index (κ1) is 13.5. The van der Waals surface area contributed by atoms with Crippen molar-refractivity contribution in [1.82, 2.24) is 15.5 Å². The van der Waals surface area contributed by atoms with Crippen LogP contribution in [0.1, 0.15) is 37.5 Å². The SMILES string of the molecule is Fc1cc(-c2nc(C3CCCCCN3)no2)ccc1Cl. The Bertz CT molecular complexity index is 594. The lowest BCUT2D eigenvalue weighted by Crippen LogP contribution is -2.21. The van der Waals surface area contributed by atoms with Crippen molar-refractivity contribution in [2.45, 2.75) is 31.7 Å². The van der Waals surface area contributed by atoms with Crippen LogP contribution in [0.2, 0.25) is 5.02 Å². The quantitative estimate of drug-likeness (QED) is 0.917. The average molecular weight is 296 g/mol. The minimum absolute atomic E-state index is 0.0823. The van der Waals surface area contributed by atoms with Gasteiger partial charge in [0, 0.05) is 5.56 Å². The predicted octanol–water partition coefficient (Wildman–Crippen LogP) is 3.73. The summed E-state index contributed by atoms with van der Waals surface area (Å²) in [5, 5.41) is 7.49. The van der Waals surface area contributed by atoms with Crippen LogP contribution in [0.25, 0.3) is 11.5 Å². The number of halogens is 2. The van der Waals surface area contributed by atoms with Crippen LogP contribution in [0.5, 0.6) is 0 Å². The smallest absolute Gasteiger partial charge is 0.258 e. The molecule has 0 bridgehead atoms. The Labute approximate surface area is 121 Å². The molecule has 2 heterocycles. The van der Waals surface area contributed by atoms with Crippen molar-refractivity contribution >= 4 is 11.6 Å². The van der Waals surface area contributed by atoms with Crippen LogP contribution in [0.15, 0.2) is 22.7 Å². The molecule has 1 saturated heterocycles. The van der Waals surface area contributed by atoms with E-state index in [0.717, 1.165) is 19.4 Å². The molecule has 1 aromatic heterocycles. The Balaban J connectivity index is 1.83. The van der Waals surface area contributed by atoms with Crippen LogP contribution in [0.4, 0.5) is 4.39 Å². The van der Waals surface area contributed by atoms with Crippen molar-refractivity contribution in [2.24, 2.45) is 0 Å². The molecule has 3 rings (SSSR count). The van der Waals surface area contributed by atoms with E-state index in [1.54, 1.807) is 6.07 Å². The molecule has 0 saturated carbocycles. The molecule has 0 amide bonds. The summed E-state index contributed by atoms with van der Waals surface area (Å²) in [7, 11) is 0. The van der Waals surface area contributed by atoms with Gasteiger partial charge in [-0.25, -0.2) is 4.39 Å². The molecule has 1 N–H and O–H groups in total. The maximum atomic E-state index is 13.4. The topological polar surface area (TPSA) is 51.0 Å². The first-order chi connectivity index (χ1) is 9.74. The Morgan fingerprint density at radius 3 is 3.05 bits per heavy atom. The zero-order valence-corrected chi connectivity index (χ0v) is 11.7. The summed E-state index contributed by atoms with van der Waals surface area (Å²) in [6.45, 7) is 0.962. The second-order valence-corrected chi connectivity index (χ2v) is 5.35. The van der Waals surface area contributed by atoms with E-state index in [0.29, 0.717) is 17.3 Å². The Kier molecular flexibility index (Phi) is 3.98. The summed E-state index contributed by atoms with van der Waals surface area (Å²) in [5.41, 5.74) is 0.541. The molecule has 20 heavy (non-hydrogen) atoms. The number of nitrogens with one attached hydrogen (secondary N) is 1. The monoisotopic (exact) mass is 295 g/mol. The minimum atomic E-state index is -0.489. The molecule has 1 aliphatic heterocycles. The summed E-state index contributed by atoms with van der Waals surface area (Å²) in [6, 6.07) is 4.58. The van der Waals surface area contributed by atoms with Crippen LogP contribution in [0.3, 0.4) is 0 Å². The standard InChI is InChI=1S/C14H15ClFN3O/c15-10-6-5-9(8-11(10)16)14-18-13(19-20-14)12-4-2-1-3-7-17-12/h5-6,8,12,17H,1-4,7H2. The van der Waals surface area contributed by atoms with Crippen LogP contribution in [-0.2, 0) is 0 Å². The van der Waals surface area contributed by atoms with Gasteiger partial charge in [0.2, 0.25) is 0 Å². The lowest BCUT2D eigenvalue weighted by Gasteiger charge is -2.09. The van der Waals surface area contributed by atoms with Gasteiger partial charge in [0.25, 0.3) is 5.89 Å². The highest BCUT2D eigenvalue weighted by Gasteiger charge is 2.20. The molecule has 0 aliphatic carbocycles. The minimum Gasteiger partial charge on any atom is -0.334 e. The summed E-state index contributed by atoms with van der Waals surface area (Å²) < 4.78 is 18.7. The van der Waals surface area contributed by atoms with Crippen molar-refractivity contribution in [3.05, 3.63) is 34.9 Å². The largest absolute Gasteiger partial charge is 0.334 e. The number of aromatic nitrogens is 2. The summed E-state index contributed by atoms with van der Waals surface area (Å²) in [4.78, 5) is 4.37. The molecule has 0 radical (unpaired) electrons. The summed E-state index contributed by atoms with van der Waals surface area (Å²) >= 11 is 5.66. The third-order valence-corrected chi connectivity index (χ3v) is 3.79. The highest BCUT2D eigenvalue weighted by atomic mass is 35.5. The maximum Gasteiger partial charge on any atom is 0.258 e. The van der Waals surface area contributed by atoms with Crippen LogP contribution in [0, 0.1) is 5.82 Å². The second kappa shape index (κ2) is 5.89. The predicted molar refractivity (Wildman–Crippen MR) is 73.9 cm³/mol. The van der Waals surface area contributed by atoms with Crippen molar-refractivity contribution in [3.63, 3.8) is 0 Å². The third-order valence-electron chi connectivity index (χ3n) is 3.48. The van der Waals surface area contributed by atoms with Gasteiger partial charge in [-0.3, -0.25) is 0 Å². The normalized spacial score (nSPS) is 19.8. The fraction of sp³-hybridized carbons (Fsp3) is 0.429. The maximum absolute atomic E-state index is 13.4. The Morgan fingerprint density at radius 1 is 1.30 bits per heavy atom. The van der Waals surface area contributed by atoms with E-state index in [1.807, 2.05) is 0 Å². The second-order valence-electron chi connectivity index (χ2n) is 4.94. The Hall–Kier alpha value is -1.46. The molecule has 0 spiro atoms. The van der Waals surface area contributed by atoms with Crippen LogP contribution >= 0.6 is 11.6 Å². The van der Waals surface area contributed by atoms with E-state index in [4.69, 9.17) is 16.1 Å². The lowest BCUT2D eigenvalue weighted by molar-refractivity contribution is 0.402. The van der Waals surface area contributed by atoms with Crippen LogP contribution < -0.4 is 5.32 Å². The molecule has 1 unspecified atom stereocenters. The van der Waals surface area contributed by atoms with Gasteiger partial charge in [-0.05, 0) is 37.6 Å². The number of rotatable bonds is 2. The van der Waals surface area contributed by atoms with Gasteiger partial charge in [0.1, 0.15) is 5.82 Å². The van der Waals surface area contributed by atoms with Crippen molar-refractivity contribution in [2.75, 3.05) is 6.54 Å². The van der Waals surface area contributed by atoms with Crippen molar-refractivity contribution in [1.29, 1.82) is 0 Å².